The molecule has 4 rings (SSSR count). The second-order valence-electron chi connectivity index (χ2n) is 7.68. The number of hydrogen-bond donors (Lipinski definition) is 3. The van der Waals surface area contributed by atoms with E-state index in [0.717, 1.165) is 28.2 Å². The van der Waals surface area contributed by atoms with E-state index in [1.165, 1.54) is 0 Å². The Morgan fingerprint density at radius 2 is 1.58 bits per heavy atom. The van der Waals surface area contributed by atoms with Gasteiger partial charge in [0.25, 0.3) is 0 Å². The second-order valence-corrected chi connectivity index (χ2v) is 8.09. The van der Waals surface area contributed by atoms with E-state index in [0.29, 0.717) is 28.0 Å². The zero-order valence-electron chi connectivity index (χ0n) is 18.8. The fourth-order valence-electron chi connectivity index (χ4n) is 3.26. The summed E-state index contributed by atoms with van der Waals surface area (Å²) in [6.45, 7) is 7.88. The quantitative estimate of drug-likeness (QED) is 0.342. The first-order chi connectivity index (χ1) is 15.8. The molecule has 0 spiro atoms. The van der Waals surface area contributed by atoms with Crippen LogP contribution in [0.1, 0.15) is 22.5 Å². The first kappa shape index (κ1) is 22.3. The Bertz CT molecular complexity index is 1300. The molecule has 0 aliphatic rings. The third-order valence-corrected chi connectivity index (χ3v) is 5.86. The molecule has 0 bridgehead atoms. The highest BCUT2D eigenvalue weighted by Gasteiger charge is 2.11. The zero-order chi connectivity index (χ0) is 23.5. The van der Waals surface area contributed by atoms with Crippen LogP contribution >= 0.6 is 11.6 Å². The Balaban J connectivity index is 1.38. The first-order valence-electron chi connectivity index (χ1n) is 10.4. The van der Waals surface area contributed by atoms with Gasteiger partial charge in [0.05, 0.1) is 5.69 Å². The summed E-state index contributed by atoms with van der Waals surface area (Å²) in [5.41, 5.74) is 6.10. The summed E-state index contributed by atoms with van der Waals surface area (Å²) in [6.07, 6.45) is 0. The fourth-order valence-corrected chi connectivity index (χ4v) is 3.44. The van der Waals surface area contributed by atoms with Crippen LogP contribution in [0.4, 0.5) is 27.7 Å². The normalized spacial score (nSPS) is 10.7. The molecular weight excluding hydrogens is 438 g/mol. The minimum absolute atomic E-state index is 0.345. The van der Waals surface area contributed by atoms with E-state index >= 15 is 0 Å². The molecule has 0 fully saturated rings. The number of rotatable bonds is 5. The van der Waals surface area contributed by atoms with E-state index in [-0.39, 0.29) is 6.03 Å². The fraction of sp³-hybridized carbons (Fsp3) is 0.167. The van der Waals surface area contributed by atoms with Gasteiger partial charge in [-0.3, -0.25) is 0 Å². The maximum absolute atomic E-state index is 12.3. The van der Waals surface area contributed by atoms with Crippen LogP contribution in [0.3, 0.4) is 0 Å². The van der Waals surface area contributed by atoms with Crippen molar-refractivity contribution in [2.75, 3.05) is 16.0 Å². The number of nitrogens with zero attached hydrogens (tertiary/aromatic N) is 4. The minimum Gasteiger partial charge on any atom is -0.339 e. The predicted molar refractivity (Wildman–Crippen MR) is 132 cm³/mol. The van der Waals surface area contributed by atoms with Crippen molar-refractivity contribution in [3.8, 4) is 5.82 Å². The Kier molecular flexibility index (Phi) is 6.28. The number of aryl methyl sites for hydroxylation is 1. The molecule has 168 valence electrons. The summed E-state index contributed by atoms with van der Waals surface area (Å²) in [5, 5.41) is 22.5. The number of hydrogen-bond acceptors (Lipinski definition) is 5. The summed E-state index contributed by atoms with van der Waals surface area (Å²) in [7, 11) is 0. The number of benzene rings is 2. The van der Waals surface area contributed by atoms with Crippen molar-refractivity contribution in [3.05, 3.63) is 82.1 Å². The predicted octanol–water partition coefficient (Wildman–Crippen LogP) is 5.94. The van der Waals surface area contributed by atoms with E-state index in [9.17, 15) is 4.79 Å². The number of urea groups is 1. The van der Waals surface area contributed by atoms with Crippen LogP contribution in [0.5, 0.6) is 0 Å². The number of carbonyl (C=O) groups excluding carboxylic acids is 1. The SMILES string of the molecule is Cc1nn(-c2ccc(Nc3ccc(NC(=O)Nc4cccc(Cl)c4C)cc3)nn2)c(C)c1C. The van der Waals surface area contributed by atoms with E-state index in [1.807, 2.05) is 52.0 Å². The van der Waals surface area contributed by atoms with Crippen LogP contribution in [0, 0.1) is 27.7 Å². The maximum Gasteiger partial charge on any atom is 0.323 e. The molecular formula is C24H24ClN7O. The number of carbonyl (C=O) groups is 1. The Hall–Kier alpha value is -3.91. The highest BCUT2D eigenvalue weighted by molar-refractivity contribution is 6.31. The summed E-state index contributed by atoms with van der Waals surface area (Å²) >= 11 is 6.10. The lowest BCUT2D eigenvalue weighted by atomic mass is 10.2. The van der Waals surface area contributed by atoms with Crippen molar-refractivity contribution in [3.63, 3.8) is 0 Å². The molecule has 8 nitrogen and oxygen atoms in total. The average Bonchev–Trinajstić information content (AvgIpc) is 3.06. The lowest BCUT2D eigenvalue weighted by Crippen LogP contribution is -2.19. The molecule has 0 aliphatic carbocycles. The highest BCUT2D eigenvalue weighted by Crippen LogP contribution is 2.23. The van der Waals surface area contributed by atoms with Gasteiger partial charge in [-0.1, -0.05) is 17.7 Å². The van der Waals surface area contributed by atoms with Crippen molar-refractivity contribution in [2.24, 2.45) is 0 Å². The molecule has 9 heteroatoms. The third-order valence-electron chi connectivity index (χ3n) is 5.45. The summed E-state index contributed by atoms with van der Waals surface area (Å²) in [4.78, 5) is 12.3. The van der Waals surface area contributed by atoms with Gasteiger partial charge in [0.15, 0.2) is 11.6 Å². The minimum atomic E-state index is -0.345. The largest absolute Gasteiger partial charge is 0.339 e. The van der Waals surface area contributed by atoms with Gasteiger partial charge in [0.1, 0.15) is 0 Å². The number of nitrogens with one attached hydrogen (secondary N) is 3. The van der Waals surface area contributed by atoms with Crippen LogP contribution in [-0.2, 0) is 0 Å². The number of aromatic nitrogens is 4. The van der Waals surface area contributed by atoms with E-state index in [2.05, 4.69) is 31.2 Å². The van der Waals surface area contributed by atoms with Crippen molar-refractivity contribution < 1.29 is 4.79 Å². The molecule has 2 heterocycles. The van der Waals surface area contributed by atoms with Crippen LogP contribution in [0.25, 0.3) is 5.82 Å². The van der Waals surface area contributed by atoms with Gasteiger partial charge in [-0.2, -0.15) is 5.10 Å². The standard InChI is InChI=1S/C24H24ClN7O/c1-14-16(3)31-32(17(14)4)23-13-12-22(29-30-23)26-18-8-10-19(11-9-18)27-24(33)28-21-7-5-6-20(25)15(21)2/h5-13H,1-4H3,(H,26,29)(H2,27,28,33). The van der Waals surface area contributed by atoms with Crippen molar-refractivity contribution in [1.29, 1.82) is 0 Å². The monoisotopic (exact) mass is 461 g/mol. The molecule has 0 radical (unpaired) electrons. The lowest BCUT2D eigenvalue weighted by Gasteiger charge is -2.11. The van der Waals surface area contributed by atoms with Crippen LogP contribution < -0.4 is 16.0 Å². The third kappa shape index (κ3) is 4.96. The van der Waals surface area contributed by atoms with Crippen LogP contribution in [0.2, 0.25) is 5.02 Å². The van der Waals surface area contributed by atoms with Gasteiger partial charge in [-0.15, -0.1) is 10.2 Å². The number of halogens is 1. The second kappa shape index (κ2) is 9.30. The van der Waals surface area contributed by atoms with Crippen molar-refractivity contribution >= 4 is 40.5 Å². The molecule has 0 saturated heterocycles. The summed E-state index contributed by atoms with van der Waals surface area (Å²) in [5.74, 6) is 1.27. The van der Waals surface area contributed by atoms with Crippen molar-refractivity contribution in [2.45, 2.75) is 27.7 Å². The van der Waals surface area contributed by atoms with Gasteiger partial charge in [0, 0.05) is 27.8 Å². The topological polar surface area (TPSA) is 96.8 Å². The van der Waals surface area contributed by atoms with E-state index < -0.39 is 0 Å². The molecule has 0 saturated carbocycles. The molecule has 33 heavy (non-hydrogen) atoms. The lowest BCUT2D eigenvalue weighted by molar-refractivity contribution is 0.262. The van der Waals surface area contributed by atoms with Crippen molar-refractivity contribution in [1.82, 2.24) is 20.0 Å². The Labute approximate surface area is 197 Å². The van der Waals surface area contributed by atoms with Crippen LogP contribution in [-0.4, -0.2) is 26.0 Å². The Morgan fingerprint density at radius 1 is 0.848 bits per heavy atom. The summed E-state index contributed by atoms with van der Waals surface area (Å²) in [6, 6.07) is 16.0. The highest BCUT2D eigenvalue weighted by atomic mass is 35.5. The van der Waals surface area contributed by atoms with Gasteiger partial charge in [-0.25, -0.2) is 9.48 Å². The van der Waals surface area contributed by atoms with Gasteiger partial charge >= 0.3 is 6.03 Å². The summed E-state index contributed by atoms with van der Waals surface area (Å²) < 4.78 is 1.79. The van der Waals surface area contributed by atoms with Gasteiger partial charge < -0.3 is 16.0 Å². The number of anilines is 4. The maximum atomic E-state index is 12.3. The molecule has 2 aromatic carbocycles. The average molecular weight is 462 g/mol. The molecule has 0 atom stereocenters. The van der Waals surface area contributed by atoms with Gasteiger partial charge in [0.2, 0.25) is 0 Å². The van der Waals surface area contributed by atoms with E-state index in [1.54, 1.807) is 35.0 Å². The molecule has 0 unspecified atom stereocenters. The molecule has 4 aromatic rings. The Morgan fingerprint density at radius 3 is 2.21 bits per heavy atom. The molecule has 0 aliphatic heterocycles. The number of amides is 2. The van der Waals surface area contributed by atoms with Gasteiger partial charge in [-0.05, 0) is 87.4 Å². The van der Waals surface area contributed by atoms with Crippen LogP contribution in [0.15, 0.2) is 54.6 Å². The van der Waals surface area contributed by atoms with E-state index in [4.69, 9.17) is 11.6 Å². The molecule has 3 N–H and O–H groups in total. The molecule has 2 aromatic heterocycles. The first-order valence-corrected chi connectivity index (χ1v) is 10.8. The smallest absolute Gasteiger partial charge is 0.323 e. The molecule has 2 amide bonds. The zero-order valence-corrected chi connectivity index (χ0v) is 19.5.